The lowest BCUT2D eigenvalue weighted by atomic mass is 10.2. The van der Waals surface area contributed by atoms with Crippen LogP contribution in [0.1, 0.15) is 29.3 Å². The molecule has 4 aromatic rings. The molecule has 1 amide bonds. The van der Waals surface area contributed by atoms with E-state index in [4.69, 9.17) is 15.7 Å². The Morgan fingerprint density at radius 3 is 2.57 bits per heavy atom. The Labute approximate surface area is 170 Å². The summed E-state index contributed by atoms with van der Waals surface area (Å²) in [6.07, 6.45) is 0.838. The van der Waals surface area contributed by atoms with Crippen LogP contribution in [0.5, 0.6) is 0 Å². The Balaban J connectivity index is 2.05. The number of anilines is 1. The van der Waals surface area contributed by atoms with Gasteiger partial charge in [0.25, 0.3) is 5.91 Å². The van der Waals surface area contributed by atoms with E-state index in [-0.39, 0.29) is 5.91 Å². The van der Waals surface area contributed by atoms with Crippen LogP contribution in [0.4, 0.5) is 5.82 Å². The molecule has 142 valence electrons. The minimum Gasteiger partial charge on any atom is -0.384 e. The number of aromatic nitrogens is 3. The molecule has 4 rings (SSSR count). The third-order valence-electron chi connectivity index (χ3n) is 4.66. The number of nitrogen functional groups attached to an aromatic ring is 1. The van der Waals surface area contributed by atoms with E-state index in [1.807, 2.05) is 56.3 Å². The number of hydrogen-bond acceptors (Lipinski definition) is 4. The number of para-hydroxylation sites is 2. The van der Waals surface area contributed by atoms with Gasteiger partial charge in [0, 0.05) is 16.7 Å². The van der Waals surface area contributed by atoms with E-state index in [1.54, 1.807) is 4.57 Å². The molecular formula is C21H20BrN5O. The molecule has 0 fully saturated rings. The van der Waals surface area contributed by atoms with E-state index in [9.17, 15) is 4.79 Å². The van der Waals surface area contributed by atoms with Crippen molar-refractivity contribution in [1.82, 2.24) is 19.9 Å². The number of carbonyl (C=O) groups excluding carboxylic acids is 1. The van der Waals surface area contributed by atoms with Gasteiger partial charge in [-0.2, -0.15) is 0 Å². The zero-order valence-electron chi connectivity index (χ0n) is 15.7. The van der Waals surface area contributed by atoms with E-state index in [1.165, 1.54) is 0 Å². The molecule has 6 nitrogen and oxygen atoms in total. The third-order valence-corrected chi connectivity index (χ3v) is 5.55. The molecule has 0 bridgehead atoms. The molecule has 3 N–H and O–H groups in total. The predicted octanol–water partition coefficient (Wildman–Crippen LogP) is 4.37. The topological polar surface area (TPSA) is 85.8 Å². The van der Waals surface area contributed by atoms with Crippen molar-refractivity contribution in [3.8, 4) is 5.69 Å². The van der Waals surface area contributed by atoms with Gasteiger partial charge in [0.2, 0.25) is 0 Å². The van der Waals surface area contributed by atoms with E-state index in [0.29, 0.717) is 29.1 Å². The van der Waals surface area contributed by atoms with Crippen molar-refractivity contribution in [2.24, 2.45) is 0 Å². The fourth-order valence-electron chi connectivity index (χ4n) is 3.24. The van der Waals surface area contributed by atoms with Gasteiger partial charge in [-0.05, 0) is 49.2 Å². The molecule has 2 aromatic heterocycles. The smallest absolute Gasteiger partial charge is 0.257 e. The summed E-state index contributed by atoms with van der Waals surface area (Å²) in [7, 11) is 0. The first-order valence-electron chi connectivity index (χ1n) is 9.12. The van der Waals surface area contributed by atoms with Crippen molar-refractivity contribution in [2.75, 3.05) is 12.3 Å². The van der Waals surface area contributed by atoms with Crippen molar-refractivity contribution in [2.45, 2.75) is 20.3 Å². The molecule has 0 saturated carbocycles. The highest BCUT2D eigenvalue weighted by Gasteiger charge is 2.24. The molecule has 0 aliphatic heterocycles. The van der Waals surface area contributed by atoms with Crippen LogP contribution in [0.25, 0.3) is 27.9 Å². The second-order valence-electron chi connectivity index (χ2n) is 6.67. The fourth-order valence-corrected chi connectivity index (χ4v) is 3.49. The van der Waals surface area contributed by atoms with Gasteiger partial charge in [-0.1, -0.05) is 35.0 Å². The van der Waals surface area contributed by atoms with Gasteiger partial charge >= 0.3 is 0 Å². The summed E-state index contributed by atoms with van der Waals surface area (Å²) in [6, 6.07) is 13.5. The molecule has 0 aliphatic rings. The Morgan fingerprint density at radius 2 is 1.89 bits per heavy atom. The summed E-state index contributed by atoms with van der Waals surface area (Å²) in [5.41, 5.74) is 11.3. The van der Waals surface area contributed by atoms with E-state index < -0.39 is 0 Å². The molecular weight excluding hydrogens is 418 g/mol. The van der Waals surface area contributed by atoms with Crippen LogP contribution in [0.15, 0.2) is 46.9 Å². The van der Waals surface area contributed by atoms with Crippen LogP contribution >= 0.6 is 15.9 Å². The van der Waals surface area contributed by atoms with E-state index in [0.717, 1.165) is 33.2 Å². The third kappa shape index (κ3) is 3.01. The van der Waals surface area contributed by atoms with Gasteiger partial charge < -0.3 is 11.1 Å². The van der Waals surface area contributed by atoms with Crippen molar-refractivity contribution >= 4 is 49.9 Å². The summed E-state index contributed by atoms with van der Waals surface area (Å²) in [4.78, 5) is 22.4. The molecule has 7 heteroatoms. The van der Waals surface area contributed by atoms with Crippen molar-refractivity contribution < 1.29 is 4.79 Å². The molecule has 0 atom stereocenters. The SMILES string of the molecule is CCCNC(=O)c1c(N)n(-c2ccc(Br)c(C)c2)c2nc3ccccc3nc12. The van der Waals surface area contributed by atoms with Crippen molar-refractivity contribution in [1.29, 1.82) is 0 Å². The summed E-state index contributed by atoms with van der Waals surface area (Å²) < 4.78 is 2.80. The largest absolute Gasteiger partial charge is 0.384 e. The Morgan fingerprint density at radius 1 is 1.18 bits per heavy atom. The predicted molar refractivity (Wildman–Crippen MR) is 116 cm³/mol. The number of carbonyl (C=O) groups is 1. The first-order chi connectivity index (χ1) is 13.5. The number of benzene rings is 2. The molecule has 0 saturated heterocycles. The quantitative estimate of drug-likeness (QED) is 0.496. The number of amides is 1. The second-order valence-corrected chi connectivity index (χ2v) is 7.52. The number of rotatable bonds is 4. The van der Waals surface area contributed by atoms with Crippen molar-refractivity contribution in [3.63, 3.8) is 0 Å². The average Bonchev–Trinajstić information content (AvgIpc) is 2.97. The monoisotopic (exact) mass is 437 g/mol. The zero-order chi connectivity index (χ0) is 19.8. The van der Waals surface area contributed by atoms with Gasteiger partial charge in [0.05, 0.1) is 11.0 Å². The first kappa shape index (κ1) is 18.4. The fraction of sp³-hybridized carbons (Fsp3) is 0.190. The van der Waals surface area contributed by atoms with Gasteiger partial charge in [-0.3, -0.25) is 9.36 Å². The standard InChI is InChI=1S/C21H20BrN5O/c1-3-10-24-21(28)17-18-20(26-16-7-5-4-6-15(16)25-18)27(19(17)23)13-8-9-14(22)12(2)11-13/h4-9,11H,3,10,23H2,1-2H3,(H,24,28). The van der Waals surface area contributed by atoms with Crippen LogP contribution in [0.3, 0.4) is 0 Å². The number of fused-ring (bicyclic) bond motifs is 2. The van der Waals surface area contributed by atoms with Crippen molar-refractivity contribution in [3.05, 3.63) is 58.1 Å². The van der Waals surface area contributed by atoms with Crippen LogP contribution < -0.4 is 11.1 Å². The number of aryl methyl sites for hydroxylation is 1. The van der Waals surface area contributed by atoms with Crippen LogP contribution in [0.2, 0.25) is 0 Å². The normalized spacial score (nSPS) is 11.2. The summed E-state index contributed by atoms with van der Waals surface area (Å²) in [6.45, 7) is 4.58. The summed E-state index contributed by atoms with van der Waals surface area (Å²) in [5.74, 6) is 0.0992. The van der Waals surface area contributed by atoms with Gasteiger partial charge in [-0.25, -0.2) is 9.97 Å². The molecule has 0 radical (unpaired) electrons. The molecule has 0 aliphatic carbocycles. The van der Waals surface area contributed by atoms with Gasteiger partial charge in [0.15, 0.2) is 5.65 Å². The zero-order valence-corrected chi connectivity index (χ0v) is 17.2. The summed E-state index contributed by atoms with van der Waals surface area (Å²) in [5, 5.41) is 2.91. The summed E-state index contributed by atoms with van der Waals surface area (Å²) >= 11 is 3.53. The maximum Gasteiger partial charge on any atom is 0.257 e. The number of nitrogens with two attached hydrogens (primary N) is 1. The number of hydrogen-bond donors (Lipinski definition) is 2. The number of halogens is 1. The molecule has 28 heavy (non-hydrogen) atoms. The Hall–Kier alpha value is -2.93. The van der Waals surface area contributed by atoms with Gasteiger partial charge in [0.1, 0.15) is 16.9 Å². The maximum absolute atomic E-state index is 12.9. The van der Waals surface area contributed by atoms with E-state index >= 15 is 0 Å². The molecule has 0 spiro atoms. The lowest BCUT2D eigenvalue weighted by molar-refractivity contribution is 0.0956. The van der Waals surface area contributed by atoms with E-state index in [2.05, 4.69) is 21.2 Å². The highest BCUT2D eigenvalue weighted by Crippen LogP contribution is 2.32. The minimum atomic E-state index is -0.235. The Kier molecular flexibility index (Phi) is 4.77. The van der Waals surface area contributed by atoms with Gasteiger partial charge in [-0.15, -0.1) is 0 Å². The first-order valence-corrected chi connectivity index (χ1v) is 9.92. The molecule has 0 unspecified atom stereocenters. The molecule has 2 aromatic carbocycles. The lowest BCUT2D eigenvalue weighted by Crippen LogP contribution is -2.25. The highest BCUT2D eigenvalue weighted by atomic mass is 79.9. The second kappa shape index (κ2) is 7.24. The maximum atomic E-state index is 12.9. The average molecular weight is 438 g/mol. The number of nitrogens with one attached hydrogen (secondary N) is 1. The molecule has 2 heterocycles. The Bertz CT molecular complexity index is 1210. The number of nitrogens with zero attached hydrogens (tertiary/aromatic N) is 3. The van der Waals surface area contributed by atoms with Crippen LogP contribution in [-0.2, 0) is 0 Å². The van der Waals surface area contributed by atoms with Crippen LogP contribution in [-0.4, -0.2) is 27.0 Å². The van der Waals surface area contributed by atoms with Crippen LogP contribution in [0, 0.1) is 6.92 Å². The lowest BCUT2D eigenvalue weighted by Gasteiger charge is -2.10. The highest BCUT2D eigenvalue weighted by molar-refractivity contribution is 9.10. The minimum absolute atomic E-state index is 0.235.